The highest BCUT2D eigenvalue weighted by molar-refractivity contribution is 5.76. The maximum Gasteiger partial charge on any atom is 0.364 e. The summed E-state index contributed by atoms with van der Waals surface area (Å²) in [5.41, 5.74) is 0. The number of hydrogen-bond donors (Lipinski definition) is 12. The maximum absolute atomic E-state index is 12.4. The van der Waals surface area contributed by atoms with Crippen LogP contribution in [0.25, 0.3) is 0 Å². The van der Waals surface area contributed by atoms with Gasteiger partial charge in [0.15, 0.2) is 12.5 Å². The quantitative estimate of drug-likeness (QED) is 0.102. The second kappa shape index (κ2) is 14.4. The molecule has 244 valence electrons. The molecule has 19 heteroatoms. The first-order chi connectivity index (χ1) is 19.7. The van der Waals surface area contributed by atoms with E-state index < -0.39 is 130 Å². The number of carboxylic acid groups (broad SMARTS) is 1. The van der Waals surface area contributed by atoms with Crippen molar-refractivity contribution in [3.8, 4) is 0 Å². The Morgan fingerprint density at radius 2 is 1.57 bits per heavy atom. The Morgan fingerprint density at radius 3 is 2.12 bits per heavy atom. The zero-order valence-corrected chi connectivity index (χ0v) is 22.4. The van der Waals surface area contributed by atoms with Gasteiger partial charge in [0.2, 0.25) is 5.91 Å². The topological polar surface area (TPSA) is 315 Å². The molecular weight excluding hydrogens is 578 g/mol. The van der Waals surface area contributed by atoms with Gasteiger partial charge in [-0.15, -0.1) is 0 Å². The number of carbonyl (C=O) groups is 2. The molecule has 0 aromatic rings. The van der Waals surface area contributed by atoms with Crippen LogP contribution < -0.4 is 5.32 Å². The molecule has 3 rings (SSSR count). The first kappa shape index (κ1) is 34.8. The number of nitrogens with one attached hydrogen (secondary N) is 1. The number of aliphatic carboxylic acids is 1. The summed E-state index contributed by atoms with van der Waals surface area (Å²) in [7, 11) is 0. The molecule has 0 aromatic carbocycles. The monoisotopic (exact) mass is 617 g/mol. The third-order valence-corrected chi connectivity index (χ3v) is 7.29. The van der Waals surface area contributed by atoms with Gasteiger partial charge in [0.05, 0.1) is 32.0 Å². The second-order valence-electron chi connectivity index (χ2n) is 10.4. The van der Waals surface area contributed by atoms with Gasteiger partial charge in [-0.3, -0.25) is 4.79 Å². The first-order valence-electron chi connectivity index (χ1n) is 13.1. The van der Waals surface area contributed by atoms with Crippen molar-refractivity contribution >= 4 is 11.9 Å². The van der Waals surface area contributed by atoms with Crippen LogP contribution in [0, 0.1) is 0 Å². The molecule has 0 saturated carbocycles. The van der Waals surface area contributed by atoms with Crippen LogP contribution in [0.3, 0.4) is 0 Å². The molecular formula is C23H39NO18. The number of aliphatic hydroxyl groups is 10. The van der Waals surface area contributed by atoms with Crippen LogP contribution in [-0.4, -0.2) is 179 Å². The SMILES string of the molecule is CC(=O)NC1O[C@H](CO)[C@@H](O[C@@H]2O[C@H](CO)[C@H](O)[C@H](OC3(C(=O)O)CC(O)CC([C@H](O)[C@H](O)CO)O3)[C@H]2O)[C@H](O)[C@H]1O. The molecule has 4 unspecified atom stereocenters. The van der Waals surface area contributed by atoms with Crippen LogP contribution in [0.15, 0.2) is 0 Å². The molecule has 0 bridgehead atoms. The highest BCUT2D eigenvalue weighted by atomic mass is 16.8. The largest absolute Gasteiger partial charge is 0.477 e. The van der Waals surface area contributed by atoms with Crippen molar-refractivity contribution in [1.82, 2.24) is 5.32 Å². The number of amides is 1. The van der Waals surface area contributed by atoms with Crippen molar-refractivity contribution in [2.24, 2.45) is 0 Å². The molecule has 0 aromatic heterocycles. The molecule has 0 spiro atoms. The molecule has 12 N–H and O–H groups in total. The predicted molar refractivity (Wildman–Crippen MR) is 129 cm³/mol. The van der Waals surface area contributed by atoms with Crippen molar-refractivity contribution in [2.45, 2.75) is 111 Å². The molecule has 0 aliphatic carbocycles. The molecule has 3 heterocycles. The number of carbonyl (C=O) groups excluding carboxylic acids is 1. The van der Waals surface area contributed by atoms with E-state index in [1.54, 1.807) is 0 Å². The summed E-state index contributed by atoms with van der Waals surface area (Å²) in [6, 6.07) is 0. The van der Waals surface area contributed by atoms with E-state index in [4.69, 9.17) is 28.8 Å². The van der Waals surface area contributed by atoms with Gasteiger partial charge in [-0.25, -0.2) is 4.79 Å². The lowest BCUT2D eigenvalue weighted by Crippen LogP contribution is -2.68. The smallest absolute Gasteiger partial charge is 0.364 e. The van der Waals surface area contributed by atoms with Crippen LogP contribution in [-0.2, 0) is 33.3 Å². The summed E-state index contributed by atoms with van der Waals surface area (Å²) in [4.78, 5) is 23.8. The minimum Gasteiger partial charge on any atom is -0.477 e. The highest BCUT2D eigenvalue weighted by Crippen LogP contribution is 2.37. The third-order valence-electron chi connectivity index (χ3n) is 7.29. The fourth-order valence-corrected chi connectivity index (χ4v) is 5.09. The zero-order valence-electron chi connectivity index (χ0n) is 22.4. The molecule has 15 atom stereocenters. The van der Waals surface area contributed by atoms with Crippen molar-refractivity contribution in [3.05, 3.63) is 0 Å². The summed E-state index contributed by atoms with van der Waals surface area (Å²) in [5.74, 6) is -5.35. The van der Waals surface area contributed by atoms with Crippen LogP contribution in [0.1, 0.15) is 19.8 Å². The van der Waals surface area contributed by atoms with E-state index >= 15 is 0 Å². The van der Waals surface area contributed by atoms with Gasteiger partial charge in [-0.2, -0.15) is 0 Å². The molecule has 0 radical (unpaired) electrons. The van der Waals surface area contributed by atoms with E-state index in [0.29, 0.717) is 0 Å². The highest BCUT2D eigenvalue weighted by Gasteiger charge is 2.57. The lowest BCUT2D eigenvalue weighted by Gasteiger charge is -2.49. The van der Waals surface area contributed by atoms with Crippen LogP contribution in [0.4, 0.5) is 0 Å². The minimum absolute atomic E-state index is 0.384. The number of carboxylic acids is 1. The number of hydrogen-bond acceptors (Lipinski definition) is 17. The van der Waals surface area contributed by atoms with E-state index in [1.165, 1.54) is 0 Å². The Balaban J connectivity index is 1.87. The molecule has 19 nitrogen and oxygen atoms in total. The fourth-order valence-electron chi connectivity index (χ4n) is 5.09. The van der Waals surface area contributed by atoms with E-state index in [9.17, 15) is 60.7 Å². The maximum atomic E-state index is 12.4. The van der Waals surface area contributed by atoms with E-state index in [0.717, 1.165) is 6.92 Å². The Bertz CT molecular complexity index is 911. The van der Waals surface area contributed by atoms with Gasteiger partial charge in [0.1, 0.15) is 61.0 Å². The fraction of sp³-hybridized carbons (Fsp3) is 0.913. The standard InChI is InChI=1S/C23H39NO18/c1-7(28)24-20-16(34)15(33)18(12(6-27)38-20)40-21-17(35)19(14(32)11(5-26)39-21)42-23(22(36)37)3-8(29)2-10(41-23)13(31)9(30)4-25/h8-21,25-27,29-35H,2-6H2,1H3,(H,24,28)(H,36,37)/t8?,9-,10?,11-,12-,13-,14+,15-,16-,17-,18-,19+,20?,21+,23?/m1/s1. The average molecular weight is 618 g/mol. The van der Waals surface area contributed by atoms with Crippen LogP contribution >= 0.6 is 0 Å². The van der Waals surface area contributed by atoms with Crippen molar-refractivity contribution < 1.29 is 89.4 Å². The van der Waals surface area contributed by atoms with Crippen molar-refractivity contribution in [3.63, 3.8) is 0 Å². The van der Waals surface area contributed by atoms with Gasteiger partial charge in [-0.05, 0) is 0 Å². The van der Waals surface area contributed by atoms with Crippen LogP contribution in [0.5, 0.6) is 0 Å². The normalized spacial score (nSPS) is 44.3. The predicted octanol–water partition coefficient (Wildman–Crippen LogP) is -7.19. The molecule has 3 saturated heterocycles. The Kier molecular flexibility index (Phi) is 12.0. The Hall–Kier alpha value is -1.66. The van der Waals surface area contributed by atoms with Crippen molar-refractivity contribution in [2.75, 3.05) is 19.8 Å². The Morgan fingerprint density at radius 1 is 0.929 bits per heavy atom. The number of rotatable bonds is 11. The van der Waals surface area contributed by atoms with Gasteiger partial charge < -0.3 is 85.2 Å². The molecule has 3 fully saturated rings. The number of ether oxygens (including phenoxy) is 5. The third kappa shape index (κ3) is 7.34. The van der Waals surface area contributed by atoms with Gasteiger partial charge in [0, 0.05) is 19.8 Å². The summed E-state index contributed by atoms with van der Waals surface area (Å²) in [6.45, 7) is -1.57. The van der Waals surface area contributed by atoms with E-state index in [-0.39, 0.29) is 6.42 Å². The van der Waals surface area contributed by atoms with E-state index in [1.807, 2.05) is 0 Å². The molecule has 3 aliphatic heterocycles. The van der Waals surface area contributed by atoms with E-state index in [2.05, 4.69) is 5.32 Å². The number of aliphatic hydroxyl groups excluding tert-OH is 10. The summed E-state index contributed by atoms with van der Waals surface area (Å²) in [6.07, 6.45) is -25.7. The zero-order chi connectivity index (χ0) is 31.5. The lowest BCUT2D eigenvalue weighted by atomic mass is 9.92. The Labute approximate surface area is 238 Å². The summed E-state index contributed by atoms with van der Waals surface area (Å²) < 4.78 is 27.3. The molecule has 3 aliphatic rings. The second-order valence-corrected chi connectivity index (χ2v) is 10.4. The molecule has 1 amide bonds. The lowest BCUT2D eigenvalue weighted by molar-refractivity contribution is -0.380. The minimum atomic E-state index is -2.85. The summed E-state index contributed by atoms with van der Waals surface area (Å²) in [5, 5.41) is 114. The summed E-state index contributed by atoms with van der Waals surface area (Å²) >= 11 is 0. The van der Waals surface area contributed by atoms with Crippen LogP contribution in [0.2, 0.25) is 0 Å². The van der Waals surface area contributed by atoms with Gasteiger partial charge in [0.25, 0.3) is 5.79 Å². The van der Waals surface area contributed by atoms with Crippen molar-refractivity contribution in [1.29, 1.82) is 0 Å². The van der Waals surface area contributed by atoms with Gasteiger partial charge >= 0.3 is 5.97 Å². The average Bonchev–Trinajstić information content (AvgIpc) is 2.94. The van der Waals surface area contributed by atoms with Gasteiger partial charge in [-0.1, -0.05) is 0 Å². The first-order valence-corrected chi connectivity index (χ1v) is 13.1. The molecule has 42 heavy (non-hydrogen) atoms.